The van der Waals surface area contributed by atoms with Crippen LogP contribution in [0.3, 0.4) is 0 Å². The van der Waals surface area contributed by atoms with E-state index in [1.165, 1.54) is 12.1 Å². The molecule has 27 heavy (non-hydrogen) atoms. The predicted molar refractivity (Wildman–Crippen MR) is 99.8 cm³/mol. The second kappa shape index (κ2) is 7.12. The van der Waals surface area contributed by atoms with Crippen molar-refractivity contribution in [1.82, 2.24) is 0 Å². The third-order valence-electron chi connectivity index (χ3n) is 4.62. The Morgan fingerprint density at radius 3 is 2.81 bits per heavy atom. The molecule has 1 amide bonds. The first kappa shape index (κ1) is 17.7. The van der Waals surface area contributed by atoms with Crippen LogP contribution in [0.2, 0.25) is 5.02 Å². The van der Waals surface area contributed by atoms with Gasteiger partial charge in [-0.15, -0.1) is 0 Å². The smallest absolute Gasteiger partial charge is 0.339 e. The minimum absolute atomic E-state index is 0.214. The van der Waals surface area contributed by atoms with E-state index in [2.05, 4.69) is 0 Å². The van der Waals surface area contributed by atoms with Crippen LogP contribution in [0.25, 0.3) is 0 Å². The van der Waals surface area contributed by atoms with Crippen LogP contribution in [-0.2, 0) is 16.0 Å². The minimum atomic E-state index is -0.921. The third kappa shape index (κ3) is 3.32. The van der Waals surface area contributed by atoms with E-state index in [9.17, 15) is 9.59 Å². The van der Waals surface area contributed by atoms with Gasteiger partial charge in [-0.3, -0.25) is 4.79 Å². The van der Waals surface area contributed by atoms with Crippen molar-refractivity contribution in [3.8, 4) is 11.5 Å². The number of esters is 1. The van der Waals surface area contributed by atoms with E-state index in [-0.39, 0.29) is 16.5 Å². The highest BCUT2D eigenvalue weighted by Crippen LogP contribution is 2.38. The van der Waals surface area contributed by atoms with Crippen LogP contribution in [0, 0.1) is 0 Å². The van der Waals surface area contributed by atoms with E-state index in [4.69, 9.17) is 25.8 Å². The summed E-state index contributed by atoms with van der Waals surface area (Å²) in [5.74, 6) is -0.0791. The lowest BCUT2D eigenvalue weighted by Gasteiger charge is -2.22. The Labute approximate surface area is 161 Å². The molecule has 0 aromatic heterocycles. The van der Waals surface area contributed by atoms with Crippen molar-refractivity contribution >= 4 is 29.2 Å². The number of amides is 1. The second-order valence-corrected chi connectivity index (χ2v) is 6.81. The van der Waals surface area contributed by atoms with Gasteiger partial charge >= 0.3 is 5.97 Å². The number of nitrogens with zero attached hydrogens (tertiary/aromatic N) is 1. The molecule has 6 nitrogen and oxygen atoms in total. The molecule has 0 N–H and O–H groups in total. The number of hydrogen-bond donors (Lipinski definition) is 0. The molecule has 140 valence electrons. The zero-order valence-corrected chi connectivity index (χ0v) is 15.5. The first-order chi connectivity index (χ1) is 13.0. The monoisotopic (exact) mass is 387 g/mol. The molecule has 0 spiro atoms. The molecule has 2 aromatic carbocycles. The van der Waals surface area contributed by atoms with Crippen LogP contribution in [0.4, 0.5) is 5.69 Å². The zero-order chi connectivity index (χ0) is 19.0. The number of para-hydroxylation sites is 1. The van der Waals surface area contributed by atoms with Crippen LogP contribution in [0.5, 0.6) is 11.5 Å². The van der Waals surface area contributed by atoms with Crippen molar-refractivity contribution < 1.29 is 23.8 Å². The molecule has 0 fully saturated rings. The topological polar surface area (TPSA) is 65.1 Å². The molecule has 0 radical (unpaired) electrons. The van der Waals surface area contributed by atoms with Crippen LogP contribution in [0.1, 0.15) is 22.8 Å². The first-order valence-electron chi connectivity index (χ1n) is 8.74. The Hall–Kier alpha value is -2.73. The maximum atomic E-state index is 12.8. The summed E-state index contributed by atoms with van der Waals surface area (Å²) in [6, 6.07) is 10.7. The van der Waals surface area contributed by atoms with Crippen molar-refractivity contribution in [2.45, 2.75) is 19.4 Å². The molecular formula is C20H18ClNO5. The number of ether oxygens (including phenoxy) is 3. The summed E-state index contributed by atoms with van der Waals surface area (Å²) < 4.78 is 16.3. The number of fused-ring (bicyclic) bond motifs is 2. The Morgan fingerprint density at radius 2 is 1.96 bits per heavy atom. The van der Waals surface area contributed by atoms with Gasteiger partial charge in [-0.2, -0.15) is 0 Å². The Balaban J connectivity index is 1.48. The molecule has 0 saturated carbocycles. The summed E-state index contributed by atoms with van der Waals surface area (Å²) in [5, 5.41) is 0.270. The molecule has 7 heteroatoms. The largest absolute Gasteiger partial charge is 0.486 e. The van der Waals surface area contributed by atoms with Crippen molar-refractivity contribution in [2.24, 2.45) is 0 Å². The van der Waals surface area contributed by atoms with E-state index in [1.807, 2.05) is 24.3 Å². The molecule has 2 aromatic rings. The number of rotatable bonds is 3. The highest BCUT2D eigenvalue weighted by molar-refractivity contribution is 6.32. The Kier molecular flexibility index (Phi) is 4.66. The van der Waals surface area contributed by atoms with Crippen molar-refractivity contribution in [3.63, 3.8) is 0 Å². The van der Waals surface area contributed by atoms with Gasteiger partial charge in [0.05, 0.1) is 10.6 Å². The van der Waals surface area contributed by atoms with Gasteiger partial charge in [0.1, 0.15) is 13.2 Å². The standard InChI is InChI=1S/C20H18ClNO5/c1-12(19(23)22-7-6-13-4-2-3-5-16(13)22)27-20(24)14-10-15(21)18-17(11-14)25-8-9-26-18/h2-5,10-12H,6-9H2,1H3/t12-/m0/s1. The number of anilines is 1. The van der Waals surface area contributed by atoms with Gasteiger partial charge in [0, 0.05) is 12.2 Å². The lowest BCUT2D eigenvalue weighted by Crippen LogP contribution is -2.39. The van der Waals surface area contributed by atoms with Gasteiger partial charge in [0.25, 0.3) is 5.91 Å². The molecule has 1 atom stereocenters. The third-order valence-corrected chi connectivity index (χ3v) is 4.90. The number of carbonyl (C=O) groups excluding carboxylic acids is 2. The lowest BCUT2D eigenvalue weighted by molar-refractivity contribution is -0.126. The highest BCUT2D eigenvalue weighted by atomic mass is 35.5. The fraction of sp³-hybridized carbons (Fsp3) is 0.300. The molecule has 4 rings (SSSR count). The molecule has 0 aliphatic carbocycles. The second-order valence-electron chi connectivity index (χ2n) is 6.40. The Bertz CT molecular complexity index is 913. The average Bonchev–Trinajstić information content (AvgIpc) is 3.11. The first-order valence-corrected chi connectivity index (χ1v) is 9.12. The van der Waals surface area contributed by atoms with Gasteiger partial charge in [-0.05, 0) is 37.1 Å². The summed E-state index contributed by atoms with van der Waals surface area (Å²) in [4.78, 5) is 26.9. The molecule has 2 aliphatic rings. The van der Waals surface area contributed by atoms with Gasteiger partial charge in [0.15, 0.2) is 17.6 Å². The SMILES string of the molecule is C[C@H](OC(=O)c1cc(Cl)c2c(c1)OCCO2)C(=O)N1CCc2ccccc21. The quantitative estimate of drug-likeness (QED) is 0.756. The van der Waals surface area contributed by atoms with Crippen molar-refractivity contribution in [2.75, 3.05) is 24.7 Å². The molecule has 2 heterocycles. The fourth-order valence-corrected chi connectivity index (χ4v) is 3.56. The van der Waals surface area contributed by atoms with E-state index in [0.29, 0.717) is 31.3 Å². The van der Waals surface area contributed by atoms with E-state index < -0.39 is 12.1 Å². The summed E-state index contributed by atoms with van der Waals surface area (Å²) >= 11 is 6.16. The maximum Gasteiger partial charge on any atom is 0.339 e. The van der Waals surface area contributed by atoms with Crippen LogP contribution in [0.15, 0.2) is 36.4 Å². The van der Waals surface area contributed by atoms with Crippen LogP contribution in [-0.4, -0.2) is 37.7 Å². The van der Waals surface area contributed by atoms with Crippen molar-refractivity contribution in [1.29, 1.82) is 0 Å². The molecule has 0 unspecified atom stereocenters. The molecule has 0 saturated heterocycles. The molecule has 0 bridgehead atoms. The van der Waals surface area contributed by atoms with E-state index in [1.54, 1.807) is 11.8 Å². The summed E-state index contributed by atoms with van der Waals surface area (Å²) in [6.45, 7) is 2.93. The van der Waals surface area contributed by atoms with Crippen LogP contribution >= 0.6 is 11.6 Å². The summed E-state index contributed by atoms with van der Waals surface area (Å²) in [6.07, 6.45) is -0.129. The van der Waals surface area contributed by atoms with E-state index in [0.717, 1.165) is 17.7 Å². The van der Waals surface area contributed by atoms with E-state index >= 15 is 0 Å². The predicted octanol–water partition coefficient (Wildman–Crippen LogP) is 3.25. The van der Waals surface area contributed by atoms with Gasteiger partial charge < -0.3 is 19.1 Å². The van der Waals surface area contributed by atoms with Gasteiger partial charge in [0.2, 0.25) is 0 Å². The average molecular weight is 388 g/mol. The van der Waals surface area contributed by atoms with Gasteiger partial charge in [-0.25, -0.2) is 4.79 Å². The number of halogens is 1. The Morgan fingerprint density at radius 1 is 1.19 bits per heavy atom. The minimum Gasteiger partial charge on any atom is -0.486 e. The van der Waals surface area contributed by atoms with Crippen molar-refractivity contribution in [3.05, 3.63) is 52.5 Å². The molecular weight excluding hydrogens is 370 g/mol. The normalized spacial score (nSPS) is 15.9. The lowest BCUT2D eigenvalue weighted by atomic mass is 10.2. The molecule has 2 aliphatic heterocycles. The zero-order valence-electron chi connectivity index (χ0n) is 14.7. The number of hydrogen-bond acceptors (Lipinski definition) is 5. The fourth-order valence-electron chi connectivity index (χ4n) is 3.29. The maximum absolute atomic E-state index is 12.8. The number of carbonyl (C=O) groups is 2. The van der Waals surface area contributed by atoms with Gasteiger partial charge in [-0.1, -0.05) is 29.8 Å². The highest BCUT2D eigenvalue weighted by Gasteiger charge is 2.30. The summed E-state index contributed by atoms with van der Waals surface area (Å²) in [5.41, 5.74) is 2.20. The number of benzene rings is 2. The summed E-state index contributed by atoms with van der Waals surface area (Å²) in [7, 11) is 0. The van der Waals surface area contributed by atoms with Crippen LogP contribution < -0.4 is 14.4 Å².